The van der Waals surface area contributed by atoms with E-state index in [0.29, 0.717) is 25.9 Å². The predicted octanol–water partition coefficient (Wildman–Crippen LogP) is 2.12. The van der Waals surface area contributed by atoms with Gasteiger partial charge in [0.15, 0.2) is 0 Å². The molecule has 0 unspecified atom stereocenters. The van der Waals surface area contributed by atoms with Gasteiger partial charge in [-0.2, -0.15) is 5.26 Å². The lowest BCUT2D eigenvalue weighted by atomic mass is 9.69. The van der Waals surface area contributed by atoms with Crippen LogP contribution in [0, 0.1) is 16.7 Å². The van der Waals surface area contributed by atoms with Crippen LogP contribution in [0.25, 0.3) is 0 Å². The van der Waals surface area contributed by atoms with Gasteiger partial charge in [0.25, 0.3) is 0 Å². The van der Waals surface area contributed by atoms with Crippen molar-refractivity contribution in [3.8, 4) is 6.07 Å². The van der Waals surface area contributed by atoms with Gasteiger partial charge < -0.3 is 4.90 Å². The van der Waals surface area contributed by atoms with Gasteiger partial charge in [0.2, 0.25) is 5.91 Å². The molecule has 0 saturated heterocycles. The van der Waals surface area contributed by atoms with E-state index in [0.717, 1.165) is 12.1 Å². The van der Waals surface area contributed by atoms with E-state index in [-0.39, 0.29) is 5.91 Å². The molecule has 0 N–H and O–H groups in total. The van der Waals surface area contributed by atoms with E-state index in [1.54, 1.807) is 11.1 Å². The summed E-state index contributed by atoms with van der Waals surface area (Å²) in [6, 6.07) is 7.86. The molecule has 1 aromatic heterocycles. The number of nitriles is 1. The lowest BCUT2D eigenvalue weighted by Gasteiger charge is -2.37. The van der Waals surface area contributed by atoms with Gasteiger partial charge in [0.1, 0.15) is 5.41 Å². The third-order valence-corrected chi connectivity index (χ3v) is 3.58. The fourth-order valence-electron chi connectivity index (χ4n) is 2.22. The van der Waals surface area contributed by atoms with E-state index in [1.165, 1.54) is 0 Å². The Kier molecular flexibility index (Phi) is 3.61. The Morgan fingerprint density at radius 2 is 2.33 bits per heavy atom. The Morgan fingerprint density at radius 3 is 2.78 bits per heavy atom. The maximum Gasteiger partial charge on any atom is 0.243 e. The van der Waals surface area contributed by atoms with Crippen LogP contribution in [-0.2, 0) is 11.3 Å². The van der Waals surface area contributed by atoms with E-state index < -0.39 is 5.41 Å². The number of carbonyl (C=O) groups is 1. The van der Waals surface area contributed by atoms with Crippen LogP contribution in [-0.4, -0.2) is 22.3 Å². The molecule has 0 bridgehead atoms. The van der Waals surface area contributed by atoms with Crippen LogP contribution in [0.4, 0.5) is 0 Å². The predicted molar refractivity (Wildman–Crippen MR) is 67.2 cm³/mol. The van der Waals surface area contributed by atoms with Gasteiger partial charge in [-0.25, -0.2) is 0 Å². The van der Waals surface area contributed by atoms with Gasteiger partial charge in [-0.15, -0.1) is 0 Å². The van der Waals surface area contributed by atoms with E-state index >= 15 is 0 Å². The van der Waals surface area contributed by atoms with Crippen LogP contribution >= 0.6 is 0 Å². The first-order valence-electron chi connectivity index (χ1n) is 6.32. The third-order valence-electron chi connectivity index (χ3n) is 3.58. The standard InChI is InChI=1S/C14H17N3O/c1-2-17(10-12-6-3-4-9-16-12)13(18)14(11-15)7-5-8-14/h3-4,6,9H,2,5,7-8,10H2,1H3. The molecule has 1 aliphatic rings. The van der Waals surface area contributed by atoms with Crippen LogP contribution in [0.2, 0.25) is 0 Å². The summed E-state index contributed by atoms with van der Waals surface area (Å²) in [7, 11) is 0. The summed E-state index contributed by atoms with van der Waals surface area (Å²) in [5.74, 6) is -0.0376. The summed E-state index contributed by atoms with van der Waals surface area (Å²) in [6.07, 6.45) is 4.08. The first-order valence-corrected chi connectivity index (χ1v) is 6.32. The first-order chi connectivity index (χ1) is 8.72. The fraction of sp³-hybridized carbons (Fsp3) is 0.500. The van der Waals surface area contributed by atoms with Crippen LogP contribution in [0.5, 0.6) is 0 Å². The lowest BCUT2D eigenvalue weighted by Crippen LogP contribution is -2.46. The summed E-state index contributed by atoms with van der Waals surface area (Å²) in [4.78, 5) is 18.3. The van der Waals surface area contributed by atoms with Gasteiger partial charge in [-0.1, -0.05) is 6.07 Å². The monoisotopic (exact) mass is 243 g/mol. The van der Waals surface area contributed by atoms with Crippen LogP contribution in [0.15, 0.2) is 24.4 Å². The minimum Gasteiger partial charge on any atom is -0.336 e. The number of nitrogens with zero attached hydrogens (tertiary/aromatic N) is 3. The summed E-state index contributed by atoms with van der Waals surface area (Å²) >= 11 is 0. The molecule has 4 nitrogen and oxygen atoms in total. The number of carbonyl (C=O) groups excluding carboxylic acids is 1. The average molecular weight is 243 g/mol. The quantitative estimate of drug-likeness (QED) is 0.814. The van der Waals surface area contributed by atoms with E-state index in [4.69, 9.17) is 0 Å². The van der Waals surface area contributed by atoms with Crippen LogP contribution < -0.4 is 0 Å². The van der Waals surface area contributed by atoms with Crippen molar-refractivity contribution in [3.63, 3.8) is 0 Å². The second kappa shape index (κ2) is 5.18. The molecule has 0 atom stereocenters. The average Bonchev–Trinajstić information content (AvgIpc) is 2.36. The number of hydrogen-bond acceptors (Lipinski definition) is 3. The van der Waals surface area contributed by atoms with Crippen molar-refractivity contribution in [1.29, 1.82) is 5.26 Å². The largest absolute Gasteiger partial charge is 0.336 e. The maximum atomic E-state index is 12.4. The van der Waals surface area contributed by atoms with Gasteiger partial charge in [0, 0.05) is 12.7 Å². The van der Waals surface area contributed by atoms with Crippen molar-refractivity contribution in [2.24, 2.45) is 5.41 Å². The molecular weight excluding hydrogens is 226 g/mol. The molecule has 1 fully saturated rings. The molecule has 1 aliphatic carbocycles. The molecule has 94 valence electrons. The SMILES string of the molecule is CCN(Cc1ccccn1)C(=O)C1(C#N)CCC1. The molecule has 2 rings (SSSR count). The zero-order chi connectivity index (χ0) is 13.0. The van der Waals surface area contributed by atoms with Crippen LogP contribution in [0.3, 0.4) is 0 Å². The van der Waals surface area contributed by atoms with Gasteiger partial charge in [0.05, 0.1) is 18.3 Å². The zero-order valence-corrected chi connectivity index (χ0v) is 10.6. The molecule has 1 aromatic rings. The Hall–Kier alpha value is -1.89. The molecule has 18 heavy (non-hydrogen) atoms. The normalized spacial score (nSPS) is 16.4. The van der Waals surface area contributed by atoms with E-state index in [2.05, 4.69) is 11.1 Å². The third kappa shape index (κ3) is 2.21. The summed E-state index contributed by atoms with van der Waals surface area (Å²) in [6.45, 7) is 3.03. The summed E-state index contributed by atoms with van der Waals surface area (Å²) in [5, 5.41) is 9.20. The first kappa shape index (κ1) is 12.6. The molecule has 0 spiro atoms. The Labute approximate surface area is 107 Å². The smallest absolute Gasteiger partial charge is 0.243 e. The van der Waals surface area contributed by atoms with Crippen molar-refractivity contribution >= 4 is 5.91 Å². The van der Waals surface area contributed by atoms with Gasteiger partial charge >= 0.3 is 0 Å². The van der Waals surface area contributed by atoms with Crippen molar-refractivity contribution in [2.75, 3.05) is 6.54 Å². The molecule has 0 aromatic carbocycles. The minimum absolute atomic E-state index is 0.0376. The molecule has 1 amide bonds. The number of aromatic nitrogens is 1. The summed E-state index contributed by atoms with van der Waals surface area (Å²) in [5.41, 5.74) is 0.102. The molecule has 0 radical (unpaired) electrons. The van der Waals surface area contributed by atoms with Crippen molar-refractivity contribution in [3.05, 3.63) is 30.1 Å². The highest BCUT2D eigenvalue weighted by atomic mass is 16.2. The van der Waals surface area contributed by atoms with Gasteiger partial charge in [-0.3, -0.25) is 9.78 Å². The Morgan fingerprint density at radius 1 is 1.56 bits per heavy atom. The Balaban J connectivity index is 2.10. The topological polar surface area (TPSA) is 57.0 Å². The highest BCUT2D eigenvalue weighted by Crippen LogP contribution is 2.42. The molecule has 4 heteroatoms. The van der Waals surface area contributed by atoms with Crippen LogP contribution in [0.1, 0.15) is 31.9 Å². The van der Waals surface area contributed by atoms with Crippen molar-refractivity contribution in [2.45, 2.75) is 32.7 Å². The minimum atomic E-state index is -0.759. The number of pyridine rings is 1. The second-order valence-corrected chi connectivity index (χ2v) is 4.69. The van der Waals surface area contributed by atoms with Crippen molar-refractivity contribution in [1.82, 2.24) is 9.88 Å². The number of amides is 1. The number of hydrogen-bond donors (Lipinski definition) is 0. The Bertz CT molecular complexity index is 460. The van der Waals surface area contributed by atoms with E-state index in [1.807, 2.05) is 25.1 Å². The fourth-order valence-corrected chi connectivity index (χ4v) is 2.22. The maximum absolute atomic E-state index is 12.4. The molecule has 0 aliphatic heterocycles. The highest BCUT2D eigenvalue weighted by molar-refractivity contribution is 5.86. The lowest BCUT2D eigenvalue weighted by molar-refractivity contribution is -0.143. The zero-order valence-electron chi connectivity index (χ0n) is 10.6. The van der Waals surface area contributed by atoms with Crippen molar-refractivity contribution < 1.29 is 4.79 Å². The molecular formula is C14H17N3O. The molecule has 1 saturated carbocycles. The second-order valence-electron chi connectivity index (χ2n) is 4.69. The highest BCUT2D eigenvalue weighted by Gasteiger charge is 2.46. The van der Waals surface area contributed by atoms with E-state index in [9.17, 15) is 10.1 Å². The molecule has 1 heterocycles. The summed E-state index contributed by atoms with van der Waals surface area (Å²) < 4.78 is 0. The number of rotatable bonds is 4. The van der Waals surface area contributed by atoms with Gasteiger partial charge in [-0.05, 0) is 38.3 Å².